The molecule has 2 aliphatic heterocycles. The first kappa shape index (κ1) is 17.4. The normalized spacial score (nSPS) is 37.6. The van der Waals surface area contributed by atoms with Gasteiger partial charge >= 0.3 is 6.03 Å². The first-order valence-electron chi connectivity index (χ1n) is 9.45. The lowest BCUT2D eigenvalue weighted by atomic mass is 9.82. The SMILES string of the molecule is CCS[C@H]1CC[C@H](N(C)C(=O)NC2C[C@H]3CCC[C@@H](C2)N3C)C1. The Balaban J connectivity index is 1.49. The number of amides is 2. The van der Waals surface area contributed by atoms with Gasteiger partial charge in [0.1, 0.15) is 0 Å². The molecule has 0 aromatic heterocycles. The monoisotopic (exact) mass is 339 g/mol. The molecule has 3 aliphatic rings. The molecule has 1 unspecified atom stereocenters. The number of carbonyl (C=O) groups excluding carboxylic acids is 1. The van der Waals surface area contributed by atoms with E-state index in [0.29, 0.717) is 24.2 Å². The number of nitrogens with zero attached hydrogens (tertiary/aromatic N) is 2. The maximum Gasteiger partial charge on any atom is 0.317 e. The number of rotatable bonds is 4. The Kier molecular flexibility index (Phi) is 5.78. The van der Waals surface area contributed by atoms with E-state index in [4.69, 9.17) is 0 Å². The Morgan fingerprint density at radius 3 is 2.52 bits per heavy atom. The van der Waals surface area contributed by atoms with Gasteiger partial charge in [0.05, 0.1) is 0 Å². The summed E-state index contributed by atoms with van der Waals surface area (Å²) in [5.74, 6) is 1.19. The number of carbonyl (C=O) groups is 1. The van der Waals surface area contributed by atoms with Gasteiger partial charge in [0.25, 0.3) is 0 Å². The molecule has 1 aliphatic carbocycles. The fraction of sp³-hybridized carbons (Fsp3) is 0.944. The predicted octanol–water partition coefficient (Wildman–Crippen LogP) is 3.32. The average Bonchev–Trinajstić information content (AvgIpc) is 2.96. The third-order valence-corrected chi connectivity index (χ3v) is 7.53. The Morgan fingerprint density at radius 1 is 1.17 bits per heavy atom. The summed E-state index contributed by atoms with van der Waals surface area (Å²) in [7, 11) is 4.26. The van der Waals surface area contributed by atoms with E-state index >= 15 is 0 Å². The minimum absolute atomic E-state index is 0.157. The van der Waals surface area contributed by atoms with Gasteiger partial charge in [-0.15, -0.1) is 0 Å². The van der Waals surface area contributed by atoms with Crippen LogP contribution in [0.5, 0.6) is 0 Å². The molecule has 3 rings (SSSR count). The highest BCUT2D eigenvalue weighted by molar-refractivity contribution is 7.99. The van der Waals surface area contributed by atoms with Crippen LogP contribution in [0.4, 0.5) is 4.79 Å². The molecule has 5 heteroatoms. The molecule has 4 nitrogen and oxygen atoms in total. The topological polar surface area (TPSA) is 35.6 Å². The van der Waals surface area contributed by atoms with Crippen LogP contribution in [-0.4, -0.2) is 65.1 Å². The van der Waals surface area contributed by atoms with Gasteiger partial charge in [0.2, 0.25) is 0 Å². The highest BCUT2D eigenvalue weighted by atomic mass is 32.2. The van der Waals surface area contributed by atoms with Crippen molar-refractivity contribution >= 4 is 17.8 Å². The summed E-state index contributed by atoms with van der Waals surface area (Å²) in [6.07, 6.45) is 9.82. The van der Waals surface area contributed by atoms with Gasteiger partial charge in [0.15, 0.2) is 0 Å². The molecule has 132 valence electrons. The van der Waals surface area contributed by atoms with Crippen molar-refractivity contribution in [2.75, 3.05) is 19.8 Å². The van der Waals surface area contributed by atoms with Gasteiger partial charge in [-0.2, -0.15) is 11.8 Å². The molecule has 2 bridgehead atoms. The third kappa shape index (κ3) is 3.98. The quantitative estimate of drug-likeness (QED) is 0.853. The number of urea groups is 1. The van der Waals surface area contributed by atoms with E-state index in [1.54, 1.807) is 0 Å². The third-order valence-electron chi connectivity index (χ3n) is 6.29. The minimum Gasteiger partial charge on any atom is -0.335 e. The summed E-state index contributed by atoms with van der Waals surface area (Å²) in [6, 6.07) is 2.32. The maximum atomic E-state index is 12.7. The second kappa shape index (κ2) is 7.64. The van der Waals surface area contributed by atoms with Gasteiger partial charge < -0.3 is 15.1 Å². The first-order chi connectivity index (χ1) is 11.1. The second-order valence-corrected chi connectivity index (χ2v) is 9.25. The van der Waals surface area contributed by atoms with Crippen molar-refractivity contribution in [3.05, 3.63) is 0 Å². The molecule has 0 spiro atoms. The molecule has 1 N–H and O–H groups in total. The highest BCUT2D eigenvalue weighted by Crippen LogP contribution is 2.34. The van der Waals surface area contributed by atoms with Crippen LogP contribution in [0, 0.1) is 0 Å². The number of hydrogen-bond donors (Lipinski definition) is 1. The molecule has 2 saturated heterocycles. The largest absolute Gasteiger partial charge is 0.335 e. The van der Waals surface area contributed by atoms with Crippen LogP contribution in [0.15, 0.2) is 0 Å². The zero-order valence-electron chi connectivity index (χ0n) is 15.0. The van der Waals surface area contributed by atoms with Gasteiger partial charge in [-0.1, -0.05) is 13.3 Å². The zero-order chi connectivity index (χ0) is 16.4. The van der Waals surface area contributed by atoms with E-state index < -0.39 is 0 Å². The predicted molar refractivity (Wildman–Crippen MR) is 98.1 cm³/mol. The van der Waals surface area contributed by atoms with Crippen molar-refractivity contribution in [3.63, 3.8) is 0 Å². The molecule has 0 aromatic rings. The van der Waals surface area contributed by atoms with Crippen molar-refractivity contribution < 1.29 is 4.79 Å². The summed E-state index contributed by atoms with van der Waals surface area (Å²) < 4.78 is 0. The van der Waals surface area contributed by atoms with Crippen LogP contribution in [-0.2, 0) is 0 Å². The highest BCUT2D eigenvalue weighted by Gasteiger charge is 2.37. The van der Waals surface area contributed by atoms with E-state index in [0.717, 1.165) is 18.1 Å². The van der Waals surface area contributed by atoms with Crippen LogP contribution in [0.1, 0.15) is 58.3 Å². The van der Waals surface area contributed by atoms with Crippen LogP contribution in [0.3, 0.4) is 0 Å². The van der Waals surface area contributed by atoms with E-state index in [-0.39, 0.29) is 6.03 Å². The fourth-order valence-electron chi connectivity index (χ4n) is 4.83. The maximum absolute atomic E-state index is 12.7. The Hall–Kier alpha value is -0.420. The van der Waals surface area contributed by atoms with Gasteiger partial charge in [-0.3, -0.25) is 0 Å². The molecule has 0 aromatic carbocycles. The number of piperidine rings is 2. The molecule has 2 amide bonds. The summed E-state index contributed by atoms with van der Waals surface area (Å²) in [4.78, 5) is 17.2. The zero-order valence-corrected chi connectivity index (χ0v) is 15.8. The molecule has 23 heavy (non-hydrogen) atoms. The number of thioether (sulfide) groups is 1. The summed E-state index contributed by atoms with van der Waals surface area (Å²) >= 11 is 2.05. The number of hydrogen-bond acceptors (Lipinski definition) is 3. The minimum atomic E-state index is 0.157. The van der Waals surface area contributed by atoms with E-state index in [9.17, 15) is 4.79 Å². The molecular weight excluding hydrogens is 306 g/mol. The second-order valence-electron chi connectivity index (χ2n) is 7.68. The van der Waals surface area contributed by atoms with Crippen LogP contribution in [0.25, 0.3) is 0 Å². The Morgan fingerprint density at radius 2 is 1.87 bits per heavy atom. The van der Waals surface area contributed by atoms with Crippen LogP contribution >= 0.6 is 11.8 Å². The molecule has 1 saturated carbocycles. The molecule has 3 fully saturated rings. The molecular formula is C18H33N3OS. The van der Waals surface area contributed by atoms with Crippen molar-refractivity contribution in [3.8, 4) is 0 Å². The van der Waals surface area contributed by atoms with Crippen molar-refractivity contribution in [2.24, 2.45) is 0 Å². The molecule has 2 heterocycles. The average molecular weight is 340 g/mol. The van der Waals surface area contributed by atoms with Crippen molar-refractivity contribution in [2.45, 2.75) is 87.7 Å². The fourth-order valence-corrected chi connectivity index (χ4v) is 5.96. The summed E-state index contributed by atoms with van der Waals surface area (Å²) in [5, 5.41) is 4.10. The lowest BCUT2D eigenvalue weighted by Crippen LogP contribution is -2.57. The van der Waals surface area contributed by atoms with E-state index in [1.165, 1.54) is 44.3 Å². The lowest BCUT2D eigenvalue weighted by Gasteiger charge is -2.47. The van der Waals surface area contributed by atoms with Crippen LogP contribution in [0.2, 0.25) is 0 Å². The Labute approximate surface area is 145 Å². The van der Waals surface area contributed by atoms with E-state index in [1.807, 2.05) is 11.9 Å². The number of nitrogens with one attached hydrogen (secondary N) is 1. The number of fused-ring (bicyclic) bond motifs is 2. The Bertz CT molecular complexity index is 405. The molecule has 5 atom stereocenters. The van der Waals surface area contributed by atoms with Gasteiger partial charge in [-0.05, 0) is 57.7 Å². The summed E-state index contributed by atoms with van der Waals surface area (Å²) in [6.45, 7) is 2.23. The van der Waals surface area contributed by atoms with Gasteiger partial charge in [0, 0.05) is 36.5 Å². The standard InChI is InChI=1S/C18H33N3OS/c1-4-23-17-9-8-16(12-17)21(3)18(22)19-13-10-14-6-5-7-15(11-13)20(14)2/h13-17H,4-12H2,1-3H3,(H,19,22)/t13?,14-,15+,16-,17-/m0/s1. The lowest BCUT2D eigenvalue weighted by molar-refractivity contribution is 0.0492. The smallest absolute Gasteiger partial charge is 0.317 e. The van der Waals surface area contributed by atoms with Crippen molar-refractivity contribution in [1.82, 2.24) is 15.1 Å². The summed E-state index contributed by atoms with van der Waals surface area (Å²) in [5.41, 5.74) is 0. The van der Waals surface area contributed by atoms with E-state index in [2.05, 4.69) is 35.9 Å². The molecule has 0 radical (unpaired) electrons. The van der Waals surface area contributed by atoms with Crippen molar-refractivity contribution in [1.29, 1.82) is 0 Å². The van der Waals surface area contributed by atoms with Crippen LogP contribution < -0.4 is 5.32 Å². The first-order valence-corrected chi connectivity index (χ1v) is 10.5. The van der Waals surface area contributed by atoms with Gasteiger partial charge in [-0.25, -0.2) is 4.79 Å².